The lowest BCUT2D eigenvalue weighted by atomic mass is 10.1. The maximum absolute atomic E-state index is 4.48. The summed E-state index contributed by atoms with van der Waals surface area (Å²) in [4.78, 5) is 6.88. The molecule has 1 aliphatic rings. The summed E-state index contributed by atoms with van der Waals surface area (Å²) in [7, 11) is 2.20. The molecule has 1 aliphatic heterocycles. The number of imidazole rings is 1. The van der Waals surface area contributed by atoms with Gasteiger partial charge in [-0.15, -0.1) is 0 Å². The van der Waals surface area contributed by atoms with Crippen LogP contribution >= 0.6 is 0 Å². The molecule has 1 saturated heterocycles. The van der Waals surface area contributed by atoms with Crippen molar-refractivity contribution >= 4 is 0 Å². The molecule has 2 heterocycles. The van der Waals surface area contributed by atoms with E-state index in [2.05, 4.69) is 58.0 Å². The van der Waals surface area contributed by atoms with E-state index in [1.54, 1.807) is 0 Å². The lowest BCUT2D eigenvalue weighted by Crippen LogP contribution is -2.40. The number of benzene rings is 1. The molecule has 21 heavy (non-hydrogen) atoms. The average molecular weight is 284 g/mol. The van der Waals surface area contributed by atoms with Crippen LogP contribution in [0.4, 0.5) is 0 Å². The SMILES string of the molecule is Cc1ncc(CNC2CCN(C)CC2)n1-c1ccccc1. The number of likely N-dealkylation sites (tertiary alicyclic amines) is 1. The lowest BCUT2D eigenvalue weighted by molar-refractivity contribution is 0.233. The molecular formula is C17H24N4. The van der Waals surface area contributed by atoms with Gasteiger partial charge in [0.15, 0.2) is 0 Å². The molecule has 0 spiro atoms. The van der Waals surface area contributed by atoms with Gasteiger partial charge in [-0.05, 0) is 52.0 Å². The summed E-state index contributed by atoms with van der Waals surface area (Å²) in [6.07, 6.45) is 4.45. The summed E-state index contributed by atoms with van der Waals surface area (Å²) in [5, 5.41) is 3.69. The van der Waals surface area contributed by atoms with Crippen LogP contribution in [0.2, 0.25) is 0 Å². The second-order valence-corrected chi connectivity index (χ2v) is 5.93. The molecule has 1 fully saturated rings. The van der Waals surface area contributed by atoms with Gasteiger partial charge in [0.25, 0.3) is 0 Å². The number of hydrogen-bond acceptors (Lipinski definition) is 3. The highest BCUT2D eigenvalue weighted by Gasteiger charge is 2.17. The summed E-state index contributed by atoms with van der Waals surface area (Å²) in [6, 6.07) is 11.1. The molecule has 0 bridgehead atoms. The third kappa shape index (κ3) is 3.34. The van der Waals surface area contributed by atoms with Crippen molar-refractivity contribution in [1.29, 1.82) is 0 Å². The van der Waals surface area contributed by atoms with Crippen LogP contribution in [-0.2, 0) is 6.54 Å². The quantitative estimate of drug-likeness (QED) is 0.935. The van der Waals surface area contributed by atoms with E-state index >= 15 is 0 Å². The molecule has 0 unspecified atom stereocenters. The molecule has 1 aromatic heterocycles. The van der Waals surface area contributed by atoms with Crippen molar-refractivity contribution in [2.45, 2.75) is 32.4 Å². The Kier molecular flexibility index (Phi) is 4.36. The molecule has 1 N–H and O–H groups in total. The van der Waals surface area contributed by atoms with Crippen molar-refractivity contribution in [2.75, 3.05) is 20.1 Å². The minimum Gasteiger partial charge on any atom is -0.308 e. The third-order valence-electron chi connectivity index (χ3n) is 4.32. The zero-order valence-corrected chi connectivity index (χ0v) is 12.9. The highest BCUT2D eigenvalue weighted by Crippen LogP contribution is 2.15. The fourth-order valence-electron chi connectivity index (χ4n) is 3.01. The molecule has 0 amide bonds. The molecule has 0 atom stereocenters. The molecular weight excluding hydrogens is 260 g/mol. The van der Waals surface area contributed by atoms with Gasteiger partial charge in [-0.2, -0.15) is 0 Å². The van der Waals surface area contributed by atoms with Gasteiger partial charge in [0.1, 0.15) is 5.82 Å². The first-order valence-electron chi connectivity index (χ1n) is 7.74. The summed E-state index contributed by atoms with van der Waals surface area (Å²) in [5.41, 5.74) is 2.42. The van der Waals surface area contributed by atoms with E-state index in [0.717, 1.165) is 12.4 Å². The monoisotopic (exact) mass is 284 g/mol. The van der Waals surface area contributed by atoms with Crippen LogP contribution in [0.1, 0.15) is 24.4 Å². The zero-order valence-electron chi connectivity index (χ0n) is 12.9. The van der Waals surface area contributed by atoms with Crippen LogP contribution in [0.25, 0.3) is 5.69 Å². The van der Waals surface area contributed by atoms with E-state index < -0.39 is 0 Å². The number of nitrogens with one attached hydrogen (secondary N) is 1. The zero-order chi connectivity index (χ0) is 14.7. The molecule has 2 aromatic rings. The minimum absolute atomic E-state index is 0.626. The smallest absolute Gasteiger partial charge is 0.110 e. The number of hydrogen-bond donors (Lipinski definition) is 1. The number of rotatable bonds is 4. The first-order chi connectivity index (χ1) is 10.2. The van der Waals surface area contributed by atoms with Crippen LogP contribution in [0.5, 0.6) is 0 Å². The standard InChI is InChI=1S/C17H24N4/c1-14-18-12-17(21(14)16-6-4-3-5-7-16)13-19-15-8-10-20(2)11-9-15/h3-7,12,15,19H,8-11,13H2,1-2H3. The molecule has 4 heteroatoms. The Morgan fingerprint density at radius 1 is 1.19 bits per heavy atom. The topological polar surface area (TPSA) is 33.1 Å². The van der Waals surface area contributed by atoms with Crippen LogP contribution < -0.4 is 5.32 Å². The number of aromatic nitrogens is 2. The Morgan fingerprint density at radius 2 is 1.90 bits per heavy atom. The Balaban J connectivity index is 1.69. The molecule has 112 valence electrons. The molecule has 4 nitrogen and oxygen atoms in total. The summed E-state index contributed by atoms with van der Waals surface area (Å²) < 4.78 is 2.24. The second kappa shape index (κ2) is 6.41. The van der Waals surface area contributed by atoms with Crippen molar-refractivity contribution in [3.05, 3.63) is 48.0 Å². The highest BCUT2D eigenvalue weighted by atomic mass is 15.1. The van der Waals surface area contributed by atoms with Crippen LogP contribution in [0.3, 0.4) is 0 Å². The van der Waals surface area contributed by atoms with Crippen LogP contribution in [-0.4, -0.2) is 40.6 Å². The molecule has 0 saturated carbocycles. The van der Waals surface area contributed by atoms with Gasteiger partial charge in [0.2, 0.25) is 0 Å². The van der Waals surface area contributed by atoms with Crippen LogP contribution in [0, 0.1) is 6.92 Å². The lowest BCUT2D eigenvalue weighted by Gasteiger charge is -2.29. The van der Waals surface area contributed by atoms with Gasteiger partial charge < -0.3 is 10.2 Å². The molecule has 0 aliphatic carbocycles. The predicted octanol–water partition coefficient (Wildman–Crippen LogP) is 2.36. The first-order valence-corrected chi connectivity index (χ1v) is 7.74. The Morgan fingerprint density at radius 3 is 2.62 bits per heavy atom. The number of piperidine rings is 1. The van der Waals surface area contributed by atoms with Crippen molar-refractivity contribution in [3.8, 4) is 5.69 Å². The Bertz CT molecular complexity index is 568. The van der Waals surface area contributed by atoms with Crippen LogP contribution in [0.15, 0.2) is 36.5 Å². The average Bonchev–Trinajstić information content (AvgIpc) is 2.88. The Hall–Kier alpha value is -1.65. The van der Waals surface area contributed by atoms with E-state index in [0.29, 0.717) is 6.04 Å². The van der Waals surface area contributed by atoms with Gasteiger partial charge in [0, 0.05) is 18.3 Å². The molecule has 1 aromatic carbocycles. The predicted molar refractivity (Wildman–Crippen MR) is 85.7 cm³/mol. The largest absolute Gasteiger partial charge is 0.308 e. The maximum atomic E-state index is 4.48. The van der Waals surface area contributed by atoms with Gasteiger partial charge >= 0.3 is 0 Å². The highest BCUT2D eigenvalue weighted by molar-refractivity contribution is 5.35. The fraction of sp³-hybridized carbons (Fsp3) is 0.471. The summed E-state index contributed by atoms with van der Waals surface area (Å²) in [6.45, 7) is 5.32. The van der Waals surface area contributed by atoms with Crippen molar-refractivity contribution in [3.63, 3.8) is 0 Å². The van der Waals surface area contributed by atoms with Gasteiger partial charge in [0.05, 0.1) is 11.9 Å². The van der Waals surface area contributed by atoms with Crippen molar-refractivity contribution < 1.29 is 0 Å². The number of para-hydroxylation sites is 1. The third-order valence-corrected chi connectivity index (χ3v) is 4.32. The summed E-state index contributed by atoms with van der Waals surface area (Å²) >= 11 is 0. The van der Waals surface area contributed by atoms with Crippen molar-refractivity contribution in [2.24, 2.45) is 0 Å². The normalized spacial score (nSPS) is 17.2. The van der Waals surface area contributed by atoms with E-state index in [-0.39, 0.29) is 0 Å². The van der Waals surface area contributed by atoms with E-state index in [4.69, 9.17) is 0 Å². The fourth-order valence-corrected chi connectivity index (χ4v) is 3.01. The number of aryl methyl sites for hydroxylation is 1. The van der Waals surface area contributed by atoms with E-state index in [1.165, 1.54) is 37.3 Å². The second-order valence-electron chi connectivity index (χ2n) is 5.93. The van der Waals surface area contributed by atoms with E-state index in [9.17, 15) is 0 Å². The summed E-state index contributed by atoms with van der Waals surface area (Å²) in [5.74, 6) is 1.04. The van der Waals surface area contributed by atoms with Gasteiger partial charge in [-0.1, -0.05) is 18.2 Å². The molecule has 0 radical (unpaired) electrons. The van der Waals surface area contributed by atoms with Crippen molar-refractivity contribution in [1.82, 2.24) is 19.8 Å². The molecule has 3 rings (SSSR count). The number of nitrogens with zero attached hydrogens (tertiary/aromatic N) is 3. The minimum atomic E-state index is 0.626. The maximum Gasteiger partial charge on any atom is 0.110 e. The first kappa shape index (κ1) is 14.3. The van der Waals surface area contributed by atoms with Gasteiger partial charge in [-0.3, -0.25) is 4.57 Å². The Labute approximate surface area is 126 Å². The van der Waals surface area contributed by atoms with E-state index in [1.807, 2.05) is 12.3 Å². The van der Waals surface area contributed by atoms with Gasteiger partial charge in [-0.25, -0.2) is 4.98 Å².